The molecule has 3 aromatic rings. The lowest BCUT2D eigenvalue weighted by Crippen LogP contribution is -2.36. The van der Waals surface area contributed by atoms with Crippen molar-refractivity contribution in [2.45, 2.75) is 11.6 Å². The molecular weight excluding hydrogens is 410 g/mol. The van der Waals surface area contributed by atoms with Crippen molar-refractivity contribution in [1.29, 1.82) is 0 Å². The fraction of sp³-hybridized carbons (Fsp3) is 0.286. The van der Waals surface area contributed by atoms with Crippen LogP contribution >= 0.6 is 11.8 Å². The molecule has 1 fully saturated rings. The summed E-state index contributed by atoms with van der Waals surface area (Å²) in [5, 5.41) is 4.02. The standard InChI is InChI=1S/C21H20F2N4O2S/c22-14-5-6-18(16(23)11-14)25-20(28)13-30-21-15-3-1-2-4-17(15)24-19(26-21)12-27-7-9-29-10-8-27/h1-6,11H,7-10,12-13H2,(H,25,28). The lowest BCUT2D eigenvalue weighted by molar-refractivity contribution is -0.113. The van der Waals surface area contributed by atoms with Crippen molar-refractivity contribution >= 4 is 34.3 Å². The molecule has 156 valence electrons. The Morgan fingerprint density at radius 2 is 1.93 bits per heavy atom. The number of amides is 1. The largest absolute Gasteiger partial charge is 0.379 e. The molecule has 0 atom stereocenters. The van der Waals surface area contributed by atoms with E-state index < -0.39 is 17.5 Å². The van der Waals surface area contributed by atoms with Crippen LogP contribution in [0.25, 0.3) is 10.9 Å². The molecule has 0 saturated carbocycles. The molecule has 0 radical (unpaired) electrons. The van der Waals surface area contributed by atoms with Crippen molar-refractivity contribution < 1.29 is 18.3 Å². The number of hydrogen-bond acceptors (Lipinski definition) is 6. The average molecular weight is 430 g/mol. The summed E-state index contributed by atoms with van der Waals surface area (Å²) in [6.45, 7) is 3.63. The van der Waals surface area contributed by atoms with Gasteiger partial charge in [-0.1, -0.05) is 30.0 Å². The lowest BCUT2D eigenvalue weighted by atomic mass is 10.2. The van der Waals surface area contributed by atoms with E-state index in [4.69, 9.17) is 4.74 Å². The number of benzene rings is 2. The van der Waals surface area contributed by atoms with Crippen LogP contribution in [0.2, 0.25) is 0 Å². The van der Waals surface area contributed by atoms with E-state index in [2.05, 4.69) is 20.2 Å². The number of para-hydroxylation sites is 1. The predicted molar refractivity (Wildman–Crippen MR) is 111 cm³/mol. The molecule has 6 nitrogen and oxygen atoms in total. The molecule has 4 rings (SSSR count). The molecule has 1 saturated heterocycles. The maximum Gasteiger partial charge on any atom is 0.234 e. The predicted octanol–water partition coefficient (Wildman–Crippen LogP) is 3.47. The third-order valence-corrected chi connectivity index (χ3v) is 5.62. The normalized spacial score (nSPS) is 14.7. The molecule has 0 unspecified atom stereocenters. The average Bonchev–Trinajstić information content (AvgIpc) is 2.75. The Balaban J connectivity index is 1.48. The number of fused-ring (bicyclic) bond motifs is 1. The first kappa shape index (κ1) is 20.6. The summed E-state index contributed by atoms with van der Waals surface area (Å²) in [5.74, 6) is -1.19. The highest BCUT2D eigenvalue weighted by Crippen LogP contribution is 2.26. The summed E-state index contributed by atoms with van der Waals surface area (Å²) in [5.41, 5.74) is 0.755. The van der Waals surface area contributed by atoms with Crippen molar-refractivity contribution in [2.75, 3.05) is 37.4 Å². The van der Waals surface area contributed by atoms with Gasteiger partial charge in [-0.15, -0.1) is 0 Å². The minimum absolute atomic E-state index is 0.0365. The molecule has 0 spiro atoms. The van der Waals surface area contributed by atoms with Crippen LogP contribution in [0.5, 0.6) is 0 Å². The quantitative estimate of drug-likeness (QED) is 0.477. The van der Waals surface area contributed by atoms with Gasteiger partial charge in [-0.25, -0.2) is 18.7 Å². The van der Waals surface area contributed by atoms with E-state index in [1.807, 2.05) is 24.3 Å². The van der Waals surface area contributed by atoms with Crippen LogP contribution in [0, 0.1) is 11.6 Å². The number of morpholine rings is 1. The summed E-state index contributed by atoms with van der Waals surface area (Å²) in [4.78, 5) is 23.9. The van der Waals surface area contributed by atoms with Crippen molar-refractivity contribution in [1.82, 2.24) is 14.9 Å². The molecule has 1 aromatic heterocycles. The van der Waals surface area contributed by atoms with E-state index in [0.717, 1.165) is 36.1 Å². The van der Waals surface area contributed by atoms with E-state index >= 15 is 0 Å². The molecule has 1 N–H and O–H groups in total. The molecule has 1 amide bonds. The molecule has 0 aliphatic carbocycles. The zero-order chi connectivity index (χ0) is 20.9. The Labute approximate surface area is 176 Å². The highest BCUT2D eigenvalue weighted by atomic mass is 32.2. The van der Waals surface area contributed by atoms with Crippen LogP contribution in [0.3, 0.4) is 0 Å². The van der Waals surface area contributed by atoms with Crippen molar-refractivity contribution in [3.05, 3.63) is 59.9 Å². The van der Waals surface area contributed by atoms with Crippen molar-refractivity contribution in [2.24, 2.45) is 0 Å². The fourth-order valence-electron chi connectivity index (χ4n) is 3.14. The number of ether oxygens (including phenoxy) is 1. The molecule has 30 heavy (non-hydrogen) atoms. The van der Waals surface area contributed by atoms with Gasteiger partial charge in [0, 0.05) is 24.5 Å². The number of halogens is 2. The van der Waals surface area contributed by atoms with Crippen LogP contribution in [0.1, 0.15) is 5.82 Å². The van der Waals surface area contributed by atoms with Gasteiger partial charge in [-0.3, -0.25) is 9.69 Å². The minimum Gasteiger partial charge on any atom is -0.379 e. The molecule has 0 bridgehead atoms. The second kappa shape index (κ2) is 9.46. The van der Waals surface area contributed by atoms with Gasteiger partial charge in [0.15, 0.2) is 0 Å². The van der Waals surface area contributed by atoms with Crippen molar-refractivity contribution in [3.63, 3.8) is 0 Å². The highest BCUT2D eigenvalue weighted by Gasteiger charge is 2.16. The minimum atomic E-state index is -0.811. The number of thioether (sulfide) groups is 1. The molecule has 1 aliphatic rings. The first-order chi connectivity index (χ1) is 14.6. The Morgan fingerprint density at radius 3 is 2.73 bits per heavy atom. The first-order valence-electron chi connectivity index (χ1n) is 9.52. The lowest BCUT2D eigenvalue weighted by Gasteiger charge is -2.25. The number of carbonyl (C=O) groups is 1. The summed E-state index contributed by atoms with van der Waals surface area (Å²) < 4.78 is 32.2. The van der Waals surface area contributed by atoms with Gasteiger partial charge in [0.1, 0.15) is 22.5 Å². The van der Waals surface area contributed by atoms with Gasteiger partial charge in [-0.05, 0) is 18.2 Å². The Bertz CT molecular complexity index is 1060. The second-order valence-electron chi connectivity index (χ2n) is 6.81. The number of anilines is 1. The summed E-state index contributed by atoms with van der Waals surface area (Å²) in [6.07, 6.45) is 0. The fourth-order valence-corrected chi connectivity index (χ4v) is 3.98. The molecule has 2 heterocycles. The maximum atomic E-state index is 13.8. The second-order valence-corrected chi connectivity index (χ2v) is 7.78. The van der Waals surface area contributed by atoms with Crippen LogP contribution in [0.15, 0.2) is 47.5 Å². The van der Waals surface area contributed by atoms with E-state index in [1.54, 1.807) is 0 Å². The summed E-state index contributed by atoms with van der Waals surface area (Å²) in [6, 6.07) is 10.7. The van der Waals surface area contributed by atoms with Gasteiger partial charge < -0.3 is 10.1 Å². The maximum absolute atomic E-state index is 13.8. The van der Waals surface area contributed by atoms with E-state index in [9.17, 15) is 13.6 Å². The van der Waals surface area contributed by atoms with Crippen LogP contribution in [-0.2, 0) is 16.1 Å². The molecule has 2 aromatic carbocycles. The van der Waals surface area contributed by atoms with E-state index in [-0.39, 0.29) is 11.4 Å². The molecule has 1 aliphatic heterocycles. The number of carbonyl (C=O) groups excluding carboxylic acids is 1. The van der Waals surface area contributed by atoms with Crippen LogP contribution < -0.4 is 5.32 Å². The Hall–Kier alpha value is -2.62. The number of hydrogen-bond donors (Lipinski definition) is 1. The zero-order valence-electron chi connectivity index (χ0n) is 16.1. The number of rotatable bonds is 6. The third-order valence-electron chi connectivity index (χ3n) is 4.63. The van der Waals surface area contributed by atoms with Gasteiger partial charge >= 0.3 is 0 Å². The topological polar surface area (TPSA) is 67.4 Å². The zero-order valence-corrected chi connectivity index (χ0v) is 16.9. The summed E-state index contributed by atoms with van der Waals surface area (Å²) in [7, 11) is 0. The number of nitrogens with one attached hydrogen (secondary N) is 1. The molecule has 9 heteroatoms. The monoisotopic (exact) mass is 430 g/mol. The van der Waals surface area contributed by atoms with Crippen LogP contribution in [0.4, 0.5) is 14.5 Å². The van der Waals surface area contributed by atoms with Gasteiger partial charge in [0.25, 0.3) is 0 Å². The Morgan fingerprint density at radius 1 is 1.13 bits per heavy atom. The van der Waals surface area contributed by atoms with Gasteiger partial charge in [0.2, 0.25) is 5.91 Å². The summed E-state index contributed by atoms with van der Waals surface area (Å²) >= 11 is 1.26. The van der Waals surface area contributed by atoms with Gasteiger partial charge in [-0.2, -0.15) is 0 Å². The van der Waals surface area contributed by atoms with Gasteiger partial charge in [0.05, 0.1) is 36.7 Å². The van der Waals surface area contributed by atoms with E-state index in [0.29, 0.717) is 30.6 Å². The number of nitrogens with zero attached hydrogens (tertiary/aromatic N) is 3. The molecular formula is C21H20F2N4O2S. The first-order valence-corrected chi connectivity index (χ1v) is 10.5. The Kier molecular flexibility index (Phi) is 6.51. The number of aromatic nitrogens is 2. The van der Waals surface area contributed by atoms with Crippen molar-refractivity contribution in [3.8, 4) is 0 Å². The SMILES string of the molecule is O=C(CSc1nc(CN2CCOCC2)nc2ccccc12)Nc1ccc(F)cc1F. The van der Waals surface area contributed by atoms with E-state index in [1.165, 1.54) is 17.8 Å². The highest BCUT2D eigenvalue weighted by molar-refractivity contribution is 8.00. The third kappa shape index (κ3) is 5.10. The van der Waals surface area contributed by atoms with Crippen LogP contribution in [-0.4, -0.2) is 52.8 Å². The smallest absolute Gasteiger partial charge is 0.234 e.